The highest BCUT2D eigenvalue weighted by Crippen LogP contribution is 2.55. The molecule has 4 atom stereocenters. The maximum Gasteiger partial charge on any atom is -0.0131 e. The molecule has 4 unspecified atom stereocenters. The fraction of sp³-hybridized carbons (Fsp3) is 0.636. The van der Waals surface area contributed by atoms with Crippen LogP contribution >= 0.6 is 0 Å². The second-order valence-corrected chi connectivity index (χ2v) is 4.32. The van der Waals surface area contributed by atoms with Gasteiger partial charge in [-0.05, 0) is 43.4 Å². The van der Waals surface area contributed by atoms with Crippen LogP contribution in [-0.4, -0.2) is 0 Å². The first-order valence-corrected chi connectivity index (χ1v) is 4.71. The summed E-state index contributed by atoms with van der Waals surface area (Å²) in [6, 6.07) is 0. The van der Waals surface area contributed by atoms with E-state index in [0.29, 0.717) is 0 Å². The second kappa shape index (κ2) is 1.80. The zero-order valence-electron chi connectivity index (χ0n) is 6.96. The molecule has 0 N–H and O–H groups in total. The molecule has 58 valence electrons. The summed E-state index contributed by atoms with van der Waals surface area (Å²) in [6.07, 6.45) is 10.2. The second-order valence-electron chi connectivity index (χ2n) is 4.32. The Morgan fingerprint density at radius 1 is 1.45 bits per heavy atom. The number of fused-ring (bicyclic) bond motifs is 5. The number of allylic oxidation sites excluding steroid dienone is 4. The van der Waals surface area contributed by atoms with Gasteiger partial charge < -0.3 is 0 Å². The van der Waals surface area contributed by atoms with Gasteiger partial charge >= 0.3 is 0 Å². The minimum absolute atomic E-state index is 0.934. The number of hydrogen-bond donors (Lipinski definition) is 0. The predicted octanol–water partition coefficient (Wildman–Crippen LogP) is 2.77. The van der Waals surface area contributed by atoms with Crippen molar-refractivity contribution in [3.8, 4) is 0 Å². The van der Waals surface area contributed by atoms with Crippen molar-refractivity contribution in [1.82, 2.24) is 0 Å². The van der Waals surface area contributed by atoms with E-state index >= 15 is 0 Å². The number of hydrogen-bond acceptors (Lipinski definition) is 0. The van der Waals surface area contributed by atoms with Crippen LogP contribution in [0.15, 0.2) is 23.8 Å². The van der Waals surface area contributed by atoms with Gasteiger partial charge in [0, 0.05) is 0 Å². The molecule has 2 bridgehead atoms. The lowest BCUT2D eigenvalue weighted by molar-refractivity contribution is 0.388. The van der Waals surface area contributed by atoms with E-state index in [4.69, 9.17) is 0 Å². The van der Waals surface area contributed by atoms with Gasteiger partial charge in [-0.2, -0.15) is 0 Å². The molecule has 11 heavy (non-hydrogen) atoms. The normalized spacial score (nSPS) is 51.5. The monoisotopic (exact) mass is 146 g/mol. The minimum atomic E-state index is 0.934. The average Bonchev–Trinajstić information content (AvgIpc) is 2.52. The zero-order valence-corrected chi connectivity index (χ0v) is 6.96. The van der Waals surface area contributed by atoms with Crippen molar-refractivity contribution >= 4 is 0 Å². The maximum atomic E-state index is 2.53. The van der Waals surface area contributed by atoms with Crippen LogP contribution in [0, 0.1) is 23.7 Å². The van der Waals surface area contributed by atoms with Crippen molar-refractivity contribution < 1.29 is 0 Å². The molecule has 3 rings (SSSR count). The molecule has 0 heterocycles. The van der Waals surface area contributed by atoms with Crippen LogP contribution in [0.2, 0.25) is 0 Å². The third-order valence-electron chi connectivity index (χ3n) is 3.86. The van der Waals surface area contributed by atoms with Crippen LogP contribution in [0.4, 0.5) is 0 Å². The third kappa shape index (κ3) is 0.610. The number of rotatable bonds is 0. The first kappa shape index (κ1) is 6.05. The van der Waals surface area contributed by atoms with Gasteiger partial charge in [0.05, 0.1) is 0 Å². The fourth-order valence-corrected chi connectivity index (χ4v) is 3.35. The lowest BCUT2D eigenvalue weighted by Crippen LogP contribution is -2.15. The highest BCUT2D eigenvalue weighted by molar-refractivity contribution is 5.27. The minimum Gasteiger partial charge on any atom is -0.0879 e. The van der Waals surface area contributed by atoms with Crippen LogP contribution in [-0.2, 0) is 0 Å². The van der Waals surface area contributed by atoms with Crippen LogP contribution in [0.1, 0.15) is 19.8 Å². The predicted molar refractivity (Wildman–Crippen MR) is 46.1 cm³/mol. The van der Waals surface area contributed by atoms with Gasteiger partial charge in [0.1, 0.15) is 0 Å². The summed E-state index contributed by atoms with van der Waals surface area (Å²) in [5.74, 6) is 3.82. The summed E-state index contributed by atoms with van der Waals surface area (Å²) in [6.45, 7) is 2.31. The Hall–Kier alpha value is -0.520. The Bertz CT molecular complexity index is 247. The Kier molecular flexibility index (Phi) is 0.988. The smallest absolute Gasteiger partial charge is 0.0131 e. The fourth-order valence-electron chi connectivity index (χ4n) is 3.35. The van der Waals surface area contributed by atoms with E-state index in [9.17, 15) is 0 Å². The standard InChI is InChI=1S/C11H14/c1-7-5-8-6-11(7)10-4-2-3-9(8)10/h2,4-5,8-11H,3,6H2,1H3. The van der Waals surface area contributed by atoms with Crippen LogP contribution in [0.25, 0.3) is 0 Å². The Morgan fingerprint density at radius 3 is 3.27 bits per heavy atom. The van der Waals surface area contributed by atoms with E-state index in [2.05, 4.69) is 25.2 Å². The summed E-state index contributed by atoms with van der Waals surface area (Å²) in [5.41, 5.74) is 1.67. The lowest BCUT2D eigenvalue weighted by atomic mass is 9.82. The summed E-state index contributed by atoms with van der Waals surface area (Å²) < 4.78 is 0. The van der Waals surface area contributed by atoms with Crippen molar-refractivity contribution in [2.24, 2.45) is 23.7 Å². The highest BCUT2D eigenvalue weighted by atomic mass is 14.5. The molecule has 1 saturated carbocycles. The largest absolute Gasteiger partial charge is 0.0879 e. The molecule has 0 heteroatoms. The van der Waals surface area contributed by atoms with Gasteiger partial charge in [0.15, 0.2) is 0 Å². The summed E-state index contributed by atoms with van der Waals surface area (Å²) in [7, 11) is 0. The molecule has 0 spiro atoms. The summed E-state index contributed by atoms with van der Waals surface area (Å²) in [5, 5.41) is 0. The SMILES string of the molecule is CC1=CC2CC1C1C=CCC21. The van der Waals surface area contributed by atoms with Crippen LogP contribution in [0.3, 0.4) is 0 Å². The molecule has 0 aromatic heterocycles. The topological polar surface area (TPSA) is 0 Å². The van der Waals surface area contributed by atoms with Crippen LogP contribution < -0.4 is 0 Å². The first-order chi connectivity index (χ1) is 5.36. The summed E-state index contributed by atoms with van der Waals surface area (Å²) in [4.78, 5) is 0. The van der Waals surface area contributed by atoms with Crippen LogP contribution in [0.5, 0.6) is 0 Å². The lowest BCUT2D eigenvalue weighted by Gasteiger charge is -2.22. The highest BCUT2D eigenvalue weighted by Gasteiger charge is 2.46. The molecule has 0 saturated heterocycles. The molecule has 0 amide bonds. The van der Waals surface area contributed by atoms with E-state index in [1.165, 1.54) is 12.8 Å². The Labute approximate surface area is 68.0 Å². The van der Waals surface area contributed by atoms with E-state index < -0.39 is 0 Å². The molecule has 0 aromatic rings. The van der Waals surface area contributed by atoms with E-state index in [1.807, 2.05) is 0 Å². The van der Waals surface area contributed by atoms with Gasteiger partial charge in [-0.1, -0.05) is 23.8 Å². The maximum absolute atomic E-state index is 2.53. The molecule has 3 aliphatic carbocycles. The molecule has 1 fully saturated rings. The van der Waals surface area contributed by atoms with Gasteiger partial charge in [-0.25, -0.2) is 0 Å². The average molecular weight is 146 g/mol. The summed E-state index contributed by atoms with van der Waals surface area (Å²) >= 11 is 0. The Balaban J connectivity index is 2.03. The molecule has 3 aliphatic rings. The van der Waals surface area contributed by atoms with Crippen molar-refractivity contribution in [2.75, 3.05) is 0 Å². The Morgan fingerprint density at radius 2 is 2.36 bits per heavy atom. The first-order valence-electron chi connectivity index (χ1n) is 4.71. The quantitative estimate of drug-likeness (QED) is 0.461. The molecule has 0 aromatic carbocycles. The van der Waals surface area contributed by atoms with Crippen molar-refractivity contribution in [3.05, 3.63) is 23.8 Å². The van der Waals surface area contributed by atoms with Gasteiger partial charge in [0.25, 0.3) is 0 Å². The van der Waals surface area contributed by atoms with Gasteiger partial charge in [-0.15, -0.1) is 0 Å². The van der Waals surface area contributed by atoms with Gasteiger partial charge in [-0.3, -0.25) is 0 Å². The molecular formula is C11H14. The van der Waals surface area contributed by atoms with Crippen molar-refractivity contribution in [3.63, 3.8) is 0 Å². The van der Waals surface area contributed by atoms with Gasteiger partial charge in [0.2, 0.25) is 0 Å². The molecule has 0 radical (unpaired) electrons. The van der Waals surface area contributed by atoms with E-state index in [-0.39, 0.29) is 0 Å². The molecule has 0 nitrogen and oxygen atoms in total. The van der Waals surface area contributed by atoms with E-state index in [0.717, 1.165) is 23.7 Å². The van der Waals surface area contributed by atoms with E-state index in [1.54, 1.807) is 5.57 Å². The van der Waals surface area contributed by atoms with Crippen molar-refractivity contribution in [2.45, 2.75) is 19.8 Å². The third-order valence-corrected chi connectivity index (χ3v) is 3.86. The zero-order chi connectivity index (χ0) is 7.42. The molecular weight excluding hydrogens is 132 g/mol. The van der Waals surface area contributed by atoms with Crippen molar-refractivity contribution in [1.29, 1.82) is 0 Å². The molecule has 0 aliphatic heterocycles.